The second kappa shape index (κ2) is 14.9. The maximum Gasteiger partial charge on any atom is 0.319 e. The molecule has 0 radical (unpaired) electrons. The number of rotatable bonds is 12. The lowest BCUT2D eigenvalue weighted by Crippen LogP contribution is -2.53. The molecule has 10 nitrogen and oxygen atoms in total. The van der Waals surface area contributed by atoms with Gasteiger partial charge in [0, 0.05) is 50.9 Å². The molecule has 4 rings (SSSR count). The number of hydrogen-bond acceptors (Lipinski definition) is 6. The number of halogens is 1. The molecule has 0 bridgehead atoms. The van der Waals surface area contributed by atoms with E-state index < -0.39 is 0 Å². The van der Waals surface area contributed by atoms with E-state index in [1.165, 1.54) is 12.1 Å². The zero-order valence-electron chi connectivity index (χ0n) is 25.1. The molecule has 2 N–H and O–H groups in total. The van der Waals surface area contributed by atoms with Crippen molar-refractivity contribution in [2.75, 3.05) is 32.0 Å². The number of benzene rings is 2. The standard InChI is InChI=1S/C31H43FN8O2/c1-5-17-40(18-7-8-23-11-14-26(32)15-12-23)21-25-13-16-28(38(3)22(2)41)20-29(25)34-31(42)33-27-10-6-9-24(19-27)30-35-36-37-39(30)4/h6,9-12,14-15,19,25,28-29H,5,7-8,13,16-18,20-21H2,1-4H3,(H2,33,34,42)/t25-,28-,29+/m0/s1. The van der Waals surface area contributed by atoms with Gasteiger partial charge in [0.1, 0.15) is 5.82 Å². The van der Waals surface area contributed by atoms with E-state index in [9.17, 15) is 14.0 Å². The van der Waals surface area contributed by atoms with Gasteiger partial charge in [0.15, 0.2) is 5.82 Å². The highest BCUT2D eigenvalue weighted by Crippen LogP contribution is 2.29. The molecule has 3 aromatic rings. The molecule has 0 saturated heterocycles. The van der Waals surface area contributed by atoms with Crippen molar-refractivity contribution in [1.82, 2.24) is 35.3 Å². The molecule has 1 fully saturated rings. The normalized spacial score (nSPS) is 18.6. The molecule has 1 aliphatic carbocycles. The molecular weight excluding hydrogens is 535 g/mol. The molecule has 1 aromatic heterocycles. The Labute approximate surface area is 247 Å². The van der Waals surface area contributed by atoms with Gasteiger partial charge in [0.2, 0.25) is 5.91 Å². The molecule has 1 aliphatic rings. The molecule has 3 amide bonds. The van der Waals surface area contributed by atoms with Gasteiger partial charge in [-0.15, -0.1) is 5.10 Å². The average Bonchev–Trinajstić information content (AvgIpc) is 3.40. The molecule has 0 spiro atoms. The van der Waals surface area contributed by atoms with Crippen LogP contribution >= 0.6 is 0 Å². The van der Waals surface area contributed by atoms with Crippen LogP contribution in [0.1, 0.15) is 51.5 Å². The Hall–Kier alpha value is -3.86. The van der Waals surface area contributed by atoms with E-state index >= 15 is 0 Å². The Morgan fingerprint density at radius 1 is 1.12 bits per heavy atom. The van der Waals surface area contributed by atoms with E-state index in [1.54, 1.807) is 23.6 Å². The maximum atomic E-state index is 13.3. The van der Waals surface area contributed by atoms with Crippen molar-refractivity contribution in [3.05, 3.63) is 59.9 Å². The van der Waals surface area contributed by atoms with Gasteiger partial charge >= 0.3 is 6.03 Å². The lowest BCUT2D eigenvalue weighted by molar-refractivity contribution is -0.130. The van der Waals surface area contributed by atoms with Gasteiger partial charge in [0.25, 0.3) is 0 Å². The van der Waals surface area contributed by atoms with Crippen LogP contribution in [-0.4, -0.2) is 80.7 Å². The van der Waals surface area contributed by atoms with Gasteiger partial charge in [-0.3, -0.25) is 4.79 Å². The number of carbonyl (C=O) groups is 2. The van der Waals surface area contributed by atoms with E-state index in [0.29, 0.717) is 17.9 Å². The fraction of sp³-hybridized carbons (Fsp3) is 0.516. The first-order chi connectivity index (χ1) is 20.2. The molecule has 3 atom stereocenters. The second-order valence-electron chi connectivity index (χ2n) is 11.3. The zero-order valence-corrected chi connectivity index (χ0v) is 25.1. The van der Waals surface area contributed by atoms with Crippen LogP contribution in [0.4, 0.5) is 14.9 Å². The maximum absolute atomic E-state index is 13.3. The summed E-state index contributed by atoms with van der Waals surface area (Å²) >= 11 is 0. The monoisotopic (exact) mass is 578 g/mol. The van der Waals surface area contributed by atoms with Crippen molar-refractivity contribution in [2.45, 2.75) is 64.5 Å². The van der Waals surface area contributed by atoms with Crippen LogP contribution < -0.4 is 10.6 Å². The first-order valence-corrected chi connectivity index (χ1v) is 14.8. The number of aromatic nitrogens is 4. The minimum atomic E-state index is -0.275. The third kappa shape index (κ3) is 8.58. The number of urea groups is 1. The third-order valence-electron chi connectivity index (χ3n) is 8.21. The van der Waals surface area contributed by atoms with Crippen molar-refractivity contribution < 1.29 is 14.0 Å². The number of amides is 3. The number of nitrogens with one attached hydrogen (secondary N) is 2. The van der Waals surface area contributed by atoms with E-state index in [1.807, 2.05) is 43.4 Å². The Morgan fingerprint density at radius 2 is 1.90 bits per heavy atom. The van der Waals surface area contributed by atoms with Gasteiger partial charge < -0.3 is 20.4 Å². The summed E-state index contributed by atoms with van der Waals surface area (Å²) < 4.78 is 14.9. The van der Waals surface area contributed by atoms with Crippen LogP contribution in [0.15, 0.2) is 48.5 Å². The van der Waals surface area contributed by atoms with Gasteiger partial charge in [-0.1, -0.05) is 31.2 Å². The van der Waals surface area contributed by atoms with Gasteiger partial charge in [-0.05, 0) is 97.8 Å². The number of anilines is 1. The van der Waals surface area contributed by atoms with E-state index in [4.69, 9.17) is 0 Å². The Balaban J connectivity index is 1.41. The highest BCUT2D eigenvalue weighted by atomic mass is 19.1. The third-order valence-corrected chi connectivity index (χ3v) is 8.21. The molecule has 1 saturated carbocycles. The Bertz CT molecular complexity index is 1310. The fourth-order valence-electron chi connectivity index (χ4n) is 5.86. The summed E-state index contributed by atoms with van der Waals surface area (Å²) in [6.45, 7) is 6.54. The fourth-order valence-corrected chi connectivity index (χ4v) is 5.86. The summed E-state index contributed by atoms with van der Waals surface area (Å²) in [5.74, 6) is 0.679. The smallest absolute Gasteiger partial charge is 0.319 e. The SMILES string of the molecule is CCCN(CCCc1ccc(F)cc1)C[C@@H]1CC[C@H](N(C)C(C)=O)C[C@H]1NC(=O)Nc1cccc(-c2nnnn2C)c1. The van der Waals surface area contributed by atoms with E-state index in [0.717, 1.165) is 62.9 Å². The molecule has 2 aromatic carbocycles. The van der Waals surface area contributed by atoms with Crippen molar-refractivity contribution in [3.8, 4) is 11.4 Å². The predicted molar refractivity (Wildman–Crippen MR) is 161 cm³/mol. The number of tetrazole rings is 1. The number of nitrogens with zero attached hydrogens (tertiary/aromatic N) is 6. The van der Waals surface area contributed by atoms with Crippen LogP contribution in [-0.2, 0) is 18.3 Å². The minimum Gasteiger partial charge on any atom is -0.343 e. The van der Waals surface area contributed by atoms with Crippen molar-refractivity contribution in [3.63, 3.8) is 0 Å². The second-order valence-corrected chi connectivity index (χ2v) is 11.3. The molecule has 11 heteroatoms. The quantitative estimate of drug-likeness (QED) is 0.328. The topological polar surface area (TPSA) is 108 Å². The summed E-state index contributed by atoms with van der Waals surface area (Å²) in [6.07, 6.45) is 5.43. The largest absolute Gasteiger partial charge is 0.343 e. The van der Waals surface area contributed by atoms with E-state index in [-0.39, 0.29) is 35.8 Å². The average molecular weight is 579 g/mol. The minimum absolute atomic E-state index is 0.0325. The first kappa shape index (κ1) is 31.1. The Morgan fingerprint density at radius 3 is 2.60 bits per heavy atom. The lowest BCUT2D eigenvalue weighted by atomic mass is 9.80. The van der Waals surface area contributed by atoms with Gasteiger partial charge in [-0.25, -0.2) is 13.9 Å². The van der Waals surface area contributed by atoms with Crippen molar-refractivity contribution in [1.29, 1.82) is 0 Å². The highest BCUT2D eigenvalue weighted by Gasteiger charge is 2.35. The molecule has 42 heavy (non-hydrogen) atoms. The highest BCUT2D eigenvalue weighted by molar-refractivity contribution is 5.90. The summed E-state index contributed by atoms with van der Waals surface area (Å²) in [4.78, 5) is 29.7. The summed E-state index contributed by atoms with van der Waals surface area (Å²) in [5, 5.41) is 17.9. The number of aryl methyl sites for hydroxylation is 2. The van der Waals surface area contributed by atoms with Crippen LogP contribution in [0.5, 0.6) is 0 Å². The zero-order chi connectivity index (χ0) is 30.1. The molecule has 226 valence electrons. The van der Waals surface area contributed by atoms with Crippen LogP contribution in [0.2, 0.25) is 0 Å². The number of hydrogen-bond donors (Lipinski definition) is 2. The number of carbonyl (C=O) groups excluding carboxylic acids is 2. The molecule has 0 aliphatic heterocycles. The van der Waals surface area contributed by atoms with Crippen molar-refractivity contribution in [2.24, 2.45) is 13.0 Å². The molecule has 0 unspecified atom stereocenters. The molecular formula is C31H43FN8O2. The lowest BCUT2D eigenvalue weighted by Gasteiger charge is -2.41. The first-order valence-electron chi connectivity index (χ1n) is 14.8. The van der Waals surface area contributed by atoms with Gasteiger partial charge in [-0.2, -0.15) is 0 Å². The van der Waals surface area contributed by atoms with Crippen molar-refractivity contribution >= 4 is 17.6 Å². The molecule has 1 heterocycles. The van der Waals surface area contributed by atoms with Gasteiger partial charge in [0.05, 0.1) is 0 Å². The Kier molecular flexibility index (Phi) is 11.0. The summed E-state index contributed by atoms with van der Waals surface area (Å²) in [5.41, 5.74) is 2.58. The van der Waals surface area contributed by atoms with Crippen LogP contribution in [0.3, 0.4) is 0 Å². The summed E-state index contributed by atoms with van der Waals surface area (Å²) in [6, 6.07) is 13.9. The summed E-state index contributed by atoms with van der Waals surface area (Å²) in [7, 11) is 3.61. The predicted octanol–water partition coefficient (Wildman–Crippen LogP) is 4.50. The van der Waals surface area contributed by atoms with Crippen LogP contribution in [0.25, 0.3) is 11.4 Å². The van der Waals surface area contributed by atoms with Crippen LogP contribution in [0, 0.1) is 11.7 Å². The van der Waals surface area contributed by atoms with E-state index in [2.05, 4.69) is 38.0 Å².